The number of rotatable bonds is 4. The minimum Gasteiger partial charge on any atom is -0.301 e. The van der Waals surface area contributed by atoms with Gasteiger partial charge in [0.05, 0.1) is 0 Å². The van der Waals surface area contributed by atoms with Crippen LogP contribution in [0.3, 0.4) is 0 Å². The molecule has 0 N–H and O–H groups in total. The average molecular weight is 281 g/mol. The van der Waals surface area contributed by atoms with Crippen LogP contribution in [0, 0.1) is 5.41 Å². The molecule has 0 aromatic carbocycles. The smallest absolute Gasteiger partial charge is 0.0195 e. The number of likely N-dealkylation sites (tertiary alicyclic amines) is 1. The van der Waals surface area contributed by atoms with E-state index in [0.717, 1.165) is 6.04 Å². The van der Waals surface area contributed by atoms with Crippen molar-refractivity contribution < 1.29 is 0 Å². The molecule has 3 nitrogen and oxygen atoms in total. The van der Waals surface area contributed by atoms with Crippen molar-refractivity contribution in [2.45, 2.75) is 59.5 Å². The molecule has 1 atom stereocenters. The fourth-order valence-electron chi connectivity index (χ4n) is 3.96. The first-order valence-electron chi connectivity index (χ1n) is 8.64. The summed E-state index contributed by atoms with van der Waals surface area (Å²) < 4.78 is 0. The lowest BCUT2D eigenvalue weighted by Gasteiger charge is -2.46. The number of nitrogens with zero attached hydrogens (tertiary/aromatic N) is 3. The summed E-state index contributed by atoms with van der Waals surface area (Å²) in [6, 6.07) is 1.45. The van der Waals surface area contributed by atoms with Gasteiger partial charge in [-0.05, 0) is 58.7 Å². The molecule has 3 heteroatoms. The summed E-state index contributed by atoms with van der Waals surface area (Å²) in [6.45, 7) is 20.7. The monoisotopic (exact) mass is 281 g/mol. The summed E-state index contributed by atoms with van der Waals surface area (Å²) in [5.41, 5.74) is 0.541. The normalized spacial score (nSPS) is 30.0. The molecule has 0 spiro atoms. The summed E-state index contributed by atoms with van der Waals surface area (Å²) in [5.74, 6) is 0. The van der Waals surface area contributed by atoms with E-state index in [-0.39, 0.29) is 0 Å². The van der Waals surface area contributed by atoms with Crippen molar-refractivity contribution in [3.05, 3.63) is 0 Å². The molecule has 0 amide bonds. The number of likely N-dealkylation sites (N-methyl/N-ethyl adjacent to an activating group) is 1. The Morgan fingerprint density at radius 1 is 1.10 bits per heavy atom. The van der Waals surface area contributed by atoms with Crippen LogP contribution in [0.15, 0.2) is 0 Å². The fraction of sp³-hybridized carbons (Fsp3) is 1.00. The summed E-state index contributed by atoms with van der Waals surface area (Å²) in [7, 11) is 0. The second kappa shape index (κ2) is 6.76. The van der Waals surface area contributed by atoms with Gasteiger partial charge in [-0.3, -0.25) is 9.80 Å². The zero-order valence-electron chi connectivity index (χ0n) is 14.4. The topological polar surface area (TPSA) is 9.72 Å². The highest BCUT2D eigenvalue weighted by atomic mass is 15.3. The third-order valence-corrected chi connectivity index (χ3v) is 5.60. The third-order valence-electron chi connectivity index (χ3n) is 5.60. The van der Waals surface area contributed by atoms with E-state index in [9.17, 15) is 0 Å². The van der Waals surface area contributed by atoms with Crippen molar-refractivity contribution in [3.8, 4) is 0 Å². The van der Waals surface area contributed by atoms with Gasteiger partial charge in [-0.2, -0.15) is 0 Å². The van der Waals surface area contributed by atoms with E-state index in [1.807, 2.05) is 0 Å². The van der Waals surface area contributed by atoms with E-state index in [4.69, 9.17) is 0 Å². The summed E-state index contributed by atoms with van der Waals surface area (Å²) in [6.07, 6.45) is 2.74. The van der Waals surface area contributed by atoms with Gasteiger partial charge >= 0.3 is 0 Å². The van der Waals surface area contributed by atoms with Gasteiger partial charge in [0.15, 0.2) is 0 Å². The molecule has 0 radical (unpaired) electrons. The molecule has 2 aliphatic rings. The van der Waals surface area contributed by atoms with Gasteiger partial charge in [0, 0.05) is 38.3 Å². The highest BCUT2D eigenvalue weighted by molar-refractivity contribution is 4.88. The molecule has 20 heavy (non-hydrogen) atoms. The summed E-state index contributed by atoms with van der Waals surface area (Å²) in [5, 5.41) is 0. The van der Waals surface area contributed by atoms with Crippen LogP contribution in [0.4, 0.5) is 0 Å². The second-order valence-corrected chi connectivity index (χ2v) is 7.65. The number of hydrogen-bond donors (Lipinski definition) is 0. The van der Waals surface area contributed by atoms with E-state index in [1.165, 1.54) is 58.7 Å². The van der Waals surface area contributed by atoms with Gasteiger partial charge in [0.25, 0.3) is 0 Å². The Bertz CT molecular complexity index is 295. The fourth-order valence-corrected chi connectivity index (χ4v) is 3.96. The van der Waals surface area contributed by atoms with Crippen molar-refractivity contribution in [2.75, 3.05) is 45.8 Å². The van der Waals surface area contributed by atoms with Gasteiger partial charge in [-0.25, -0.2) is 0 Å². The second-order valence-electron chi connectivity index (χ2n) is 7.65. The van der Waals surface area contributed by atoms with Crippen LogP contribution < -0.4 is 0 Å². The summed E-state index contributed by atoms with van der Waals surface area (Å²) >= 11 is 0. The van der Waals surface area contributed by atoms with Gasteiger partial charge in [0.2, 0.25) is 0 Å². The molecule has 2 rings (SSSR count). The van der Waals surface area contributed by atoms with E-state index >= 15 is 0 Å². The molecule has 0 saturated carbocycles. The van der Waals surface area contributed by atoms with Gasteiger partial charge in [-0.15, -0.1) is 0 Å². The van der Waals surface area contributed by atoms with E-state index in [0.29, 0.717) is 11.5 Å². The van der Waals surface area contributed by atoms with Crippen LogP contribution in [0.25, 0.3) is 0 Å². The van der Waals surface area contributed by atoms with Crippen molar-refractivity contribution in [1.82, 2.24) is 14.7 Å². The lowest BCUT2D eigenvalue weighted by molar-refractivity contribution is 0.0250. The lowest BCUT2D eigenvalue weighted by Crippen LogP contribution is -2.55. The first-order valence-corrected chi connectivity index (χ1v) is 8.64. The van der Waals surface area contributed by atoms with Crippen LogP contribution in [0.2, 0.25) is 0 Å². The number of piperidine rings is 1. The van der Waals surface area contributed by atoms with Crippen LogP contribution in [0.5, 0.6) is 0 Å². The largest absolute Gasteiger partial charge is 0.301 e. The predicted octanol–water partition coefficient (Wildman–Crippen LogP) is 2.52. The molecule has 118 valence electrons. The number of piperazine rings is 1. The molecular formula is C17H35N3. The maximum atomic E-state index is 2.72. The first-order chi connectivity index (χ1) is 9.43. The molecule has 2 saturated heterocycles. The predicted molar refractivity (Wildman–Crippen MR) is 87.2 cm³/mol. The molecular weight excluding hydrogens is 246 g/mol. The van der Waals surface area contributed by atoms with Gasteiger partial charge in [0.1, 0.15) is 0 Å². The third kappa shape index (κ3) is 3.96. The summed E-state index contributed by atoms with van der Waals surface area (Å²) in [4.78, 5) is 7.97. The van der Waals surface area contributed by atoms with Gasteiger partial charge in [-0.1, -0.05) is 13.8 Å². The molecule has 0 aromatic rings. The highest BCUT2D eigenvalue weighted by Crippen LogP contribution is 2.33. The van der Waals surface area contributed by atoms with Crippen LogP contribution in [-0.2, 0) is 0 Å². The Morgan fingerprint density at radius 2 is 1.75 bits per heavy atom. The van der Waals surface area contributed by atoms with E-state index in [1.54, 1.807) is 0 Å². The van der Waals surface area contributed by atoms with Crippen LogP contribution in [0.1, 0.15) is 47.5 Å². The first kappa shape index (κ1) is 16.3. The quantitative estimate of drug-likeness (QED) is 0.784. The van der Waals surface area contributed by atoms with Crippen LogP contribution >= 0.6 is 0 Å². The Balaban J connectivity index is 1.82. The van der Waals surface area contributed by atoms with Crippen molar-refractivity contribution in [1.29, 1.82) is 0 Å². The Kier molecular flexibility index (Phi) is 5.49. The maximum absolute atomic E-state index is 2.72. The molecule has 2 fully saturated rings. The Hall–Kier alpha value is -0.120. The van der Waals surface area contributed by atoms with E-state index < -0.39 is 0 Å². The Labute approximate surface area is 126 Å². The minimum absolute atomic E-state index is 0.541. The molecule has 2 heterocycles. The highest BCUT2D eigenvalue weighted by Gasteiger charge is 2.34. The number of hydrogen-bond acceptors (Lipinski definition) is 3. The minimum atomic E-state index is 0.541. The maximum Gasteiger partial charge on any atom is 0.0195 e. The molecule has 1 unspecified atom stereocenters. The van der Waals surface area contributed by atoms with Gasteiger partial charge < -0.3 is 4.90 Å². The molecule has 0 aromatic heterocycles. The molecule has 0 bridgehead atoms. The van der Waals surface area contributed by atoms with Crippen LogP contribution in [-0.4, -0.2) is 72.6 Å². The van der Waals surface area contributed by atoms with E-state index in [2.05, 4.69) is 49.3 Å². The standard InChI is InChI=1S/C17H35N3/c1-6-19-12-11-18(13-16(19)4)14-17(5)7-9-20(10-8-17)15(2)3/h15-16H,6-14H2,1-5H3. The molecule has 0 aliphatic carbocycles. The zero-order chi connectivity index (χ0) is 14.8. The average Bonchev–Trinajstić information content (AvgIpc) is 2.39. The SMILES string of the molecule is CCN1CCN(CC2(C)CCN(C(C)C)CC2)CC1C. The van der Waals surface area contributed by atoms with Crippen molar-refractivity contribution in [3.63, 3.8) is 0 Å². The molecule has 2 aliphatic heterocycles. The Morgan fingerprint density at radius 3 is 2.25 bits per heavy atom. The lowest BCUT2D eigenvalue weighted by atomic mass is 9.79. The zero-order valence-corrected chi connectivity index (χ0v) is 14.4. The van der Waals surface area contributed by atoms with Crippen molar-refractivity contribution in [2.24, 2.45) is 5.41 Å². The van der Waals surface area contributed by atoms with Crippen molar-refractivity contribution >= 4 is 0 Å².